The molecule has 0 saturated carbocycles. The second-order valence-corrected chi connectivity index (χ2v) is 6.76. The van der Waals surface area contributed by atoms with E-state index in [-0.39, 0.29) is 5.78 Å². The van der Waals surface area contributed by atoms with Crippen LogP contribution >= 0.6 is 7.60 Å². The monoisotopic (exact) mass is 299 g/mol. The molecule has 5 heteroatoms. The van der Waals surface area contributed by atoms with Crippen molar-refractivity contribution in [3.63, 3.8) is 0 Å². The highest BCUT2D eigenvalue weighted by Crippen LogP contribution is 2.54. The predicted molar refractivity (Wildman–Crippen MR) is 84.2 cm³/mol. The van der Waals surface area contributed by atoms with Crippen LogP contribution < -0.4 is 5.32 Å². The topological polar surface area (TPSA) is 47.6 Å². The zero-order chi connectivity index (χ0) is 14.8. The largest absolute Gasteiger partial charge is 0.372 e. The van der Waals surface area contributed by atoms with Gasteiger partial charge in [0.1, 0.15) is 5.78 Å². The molecule has 1 aromatic carbocycles. The van der Waals surface area contributed by atoms with Gasteiger partial charge < -0.3 is 14.4 Å². The molecule has 0 radical (unpaired) electrons. The summed E-state index contributed by atoms with van der Waals surface area (Å²) in [5, 5.41) is 3.31. The van der Waals surface area contributed by atoms with E-state index in [1.807, 2.05) is 44.2 Å². The fourth-order valence-electron chi connectivity index (χ4n) is 2.01. The van der Waals surface area contributed by atoms with Crippen molar-refractivity contribution < 1.29 is 13.6 Å². The second kappa shape index (κ2) is 9.17. The molecular formula is C15H26NO3P. The van der Waals surface area contributed by atoms with E-state index in [2.05, 4.69) is 12.2 Å². The van der Waals surface area contributed by atoms with Gasteiger partial charge in [0.05, 0.1) is 13.2 Å². The van der Waals surface area contributed by atoms with Crippen LogP contribution in [0.5, 0.6) is 0 Å². The van der Waals surface area contributed by atoms with E-state index in [0.29, 0.717) is 13.2 Å². The predicted octanol–water partition coefficient (Wildman–Crippen LogP) is 4.88. The number of rotatable bonds is 10. The van der Waals surface area contributed by atoms with Crippen LogP contribution in [0.15, 0.2) is 30.3 Å². The first-order chi connectivity index (χ1) is 9.66. The minimum Gasteiger partial charge on any atom is -0.372 e. The van der Waals surface area contributed by atoms with Gasteiger partial charge in [0.15, 0.2) is 0 Å². The highest BCUT2D eigenvalue weighted by atomic mass is 31.2. The Balaban J connectivity index is 2.87. The summed E-state index contributed by atoms with van der Waals surface area (Å²) in [5.74, 6) is -0.301. The summed E-state index contributed by atoms with van der Waals surface area (Å²) in [4.78, 5) is 0. The van der Waals surface area contributed by atoms with Crippen molar-refractivity contribution in [2.75, 3.05) is 18.5 Å². The molecule has 0 spiro atoms. The second-order valence-electron chi connectivity index (χ2n) is 4.54. The number of hydrogen-bond donors (Lipinski definition) is 1. The highest BCUT2D eigenvalue weighted by molar-refractivity contribution is 7.54. The summed E-state index contributed by atoms with van der Waals surface area (Å²) in [6.07, 6.45) is 2.79. The summed E-state index contributed by atoms with van der Waals surface area (Å²) in [7, 11) is -3.14. The maximum Gasteiger partial charge on any atom is 0.352 e. The number of nitrogens with one attached hydrogen (secondary N) is 1. The van der Waals surface area contributed by atoms with E-state index in [0.717, 1.165) is 24.9 Å². The molecule has 1 N–H and O–H groups in total. The Morgan fingerprint density at radius 2 is 1.70 bits per heavy atom. The SMILES string of the molecule is CCCCC(Nc1ccccc1)P(=O)(OCC)OCC. The van der Waals surface area contributed by atoms with Crippen molar-refractivity contribution >= 4 is 13.3 Å². The molecule has 1 aromatic rings. The van der Waals surface area contributed by atoms with Crippen LogP contribution in [0.2, 0.25) is 0 Å². The standard InChI is InChI=1S/C15H26NO3P/c1-4-7-13-15(16-14-11-9-8-10-12-14)20(17,18-5-2)19-6-3/h8-12,15-16H,4-7,13H2,1-3H3. The molecule has 1 unspecified atom stereocenters. The van der Waals surface area contributed by atoms with Gasteiger partial charge in [0.25, 0.3) is 0 Å². The molecule has 0 saturated heterocycles. The molecule has 0 fully saturated rings. The number of hydrogen-bond acceptors (Lipinski definition) is 4. The smallest absolute Gasteiger partial charge is 0.352 e. The summed E-state index contributed by atoms with van der Waals surface area (Å²) in [6.45, 7) is 6.56. The van der Waals surface area contributed by atoms with Crippen molar-refractivity contribution in [1.29, 1.82) is 0 Å². The average molecular weight is 299 g/mol. The number of para-hydroxylation sites is 1. The number of unbranched alkanes of at least 4 members (excludes halogenated alkanes) is 1. The molecule has 0 aliphatic heterocycles. The summed E-state index contributed by atoms with van der Waals surface area (Å²) in [6, 6.07) is 9.77. The molecule has 20 heavy (non-hydrogen) atoms. The lowest BCUT2D eigenvalue weighted by atomic mass is 10.2. The molecule has 0 aliphatic carbocycles. The lowest BCUT2D eigenvalue weighted by Crippen LogP contribution is -2.22. The van der Waals surface area contributed by atoms with Gasteiger partial charge in [0, 0.05) is 5.69 Å². The van der Waals surface area contributed by atoms with Gasteiger partial charge in [0.2, 0.25) is 0 Å². The maximum absolute atomic E-state index is 12.9. The number of benzene rings is 1. The van der Waals surface area contributed by atoms with Gasteiger partial charge in [-0.25, -0.2) is 0 Å². The van der Waals surface area contributed by atoms with Crippen molar-refractivity contribution in [1.82, 2.24) is 0 Å². The van der Waals surface area contributed by atoms with Gasteiger partial charge >= 0.3 is 7.60 Å². The Labute approximate surface area is 122 Å². The van der Waals surface area contributed by atoms with Crippen LogP contribution in [-0.4, -0.2) is 19.0 Å². The normalized spacial score (nSPS) is 13.2. The molecule has 1 atom stereocenters. The fourth-order valence-corrected chi connectivity index (χ4v) is 3.97. The minimum absolute atomic E-state index is 0.301. The molecule has 4 nitrogen and oxygen atoms in total. The number of anilines is 1. The van der Waals surface area contributed by atoms with Crippen molar-refractivity contribution in [3.8, 4) is 0 Å². The van der Waals surface area contributed by atoms with Crippen LogP contribution in [-0.2, 0) is 13.6 Å². The first-order valence-electron chi connectivity index (χ1n) is 7.36. The van der Waals surface area contributed by atoms with E-state index < -0.39 is 7.60 Å². The molecule has 0 aliphatic rings. The molecular weight excluding hydrogens is 273 g/mol. The zero-order valence-corrected chi connectivity index (χ0v) is 13.6. The van der Waals surface area contributed by atoms with Gasteiger partial charge in [-0.3, -0.25) is 4.57 Å². The Bertz CT molecular complexity index is 401. The third kappa shape index (κ3) is 5.28. The Hall–Kier alpha value is -0.830. The lowest BCUT2D eigenvalue weighted by molar-refractivity contribution is 0.212. The third-order valence-corrected chi connectivity index (χ3v) is 5.32. The Morgan fingerprint density at radius 1 is 1.10 bits per heavy atom. The third-order valence-electron chi connectivity index (χ3n) is 2.94. The van der Waals surface area contributed by atoms with E-state index >= 15 is 0 Å². The van der Waals surface area contributed by atoms with Crippen LogP contribution in [0.25, 0.3) is 0 Å². The first kappa shape index (κ1) is 17.2. The van der Waals surface area contributed by atoms with Crippen molar-refractivity contribution in [2.45, 2.75) is 45.8 Å². The van der Waals surface area contributed by atoms with Crippen LogP contribution in [0.1, 0.15) is 40.0 Å². The molecule has 0 bridgehead atoms. The van der Waals surface area contributed by atoms with Gasteiger partial charge in [-0.1, -0.05) is 38.0 Å². The average Bonchev–Trinajstić information content (AvgIpc) is 2.45. The van der Waals surface area contributed by atoms with Crippen molar-refractivity contribution in [2.24, 2.45) is 0 Å². The van der Waals surface area contributed by atoms with Gasteiger partial charge in [-0.15, -0.1) is 0 Å². The van der Waals surface area contributed by atoms with Crippen LogP contribution in [0.4, 0.5) is 5.69 Å². The first-order valence-corrected chi connectivity index (χ1v) is 8.97. The zero-order valence-electron chi connectivity index (χ0n) is 12.7. The fraction of sp³-hybridized carbons (Fsp3) is 0.600. The summed E-state index contributed by atoms with van der Waals surface area (Å²) >= 11 is 0. The van der Waals surface area contributed by atoms with E-state index in [1.54, 1.807) is 0 Å². The van der Waals surface area contributed by atoms with E-state index in [9.17, 15) is 4.57 Å². The molecule has 114 valence electrons. The Kier molecular flexibility index (Phi) is 7.90. The van der Waals surface area contributed by atoms with E-state index in [1.165, 1.54) is 0 Å². The molecule has 1 rings (SSSR count). The van der Waals surface area contributed by atoms with Crippen molar-refractivity contribution in [3.05, 3.63) is 30.3 Å². The Morgan fingerprint density at radius 3 is 2.20 bits per heavy atom. The molecule has 0 heterocycles. The van der Waals surface area contributed by atoms with Gasteiger partial charge in [-0.05, 0) is 32.4 Å². The van der Waals surface area contributed by atoms with Crippen LogP contribution in [0, 0.1) is 0 Å². The maximum atomic E-state index is 12.9. The molecule has 0 amide bonds. The summed E-state index contributed by atoms with van der Waals surface area (Å²) < 4.78 is 23.9. The quantitative estimate of drug-likeness (QED) is 0.625. The molecule has 0 aromatic heterocycles. The minimum atomic E-state index is -3.14. The summed E-state index contributed by atoms with van der Waals surface area (Å²) in [5.41, 5.74) is 0.938. The highest BCUT2D eigenvalue weighted by Gasteiger charge is 2.35. The van der Waals surface area contributed by atoms with Crippen LogP contribution in [0.3, 0.4) is 0 Å². The van der Waals surface area contributed by atoms with E-state index in [4.69, 9.17) is 9.05 Å². The van der Waals surface area contributed by atoms with Gasteiger partial charge in [-0.2, -0.15) is 0 Å². The lowest BCUT2D eigenvalue weighted by Gasteiger charge is -2.27.